The zero-order valence-electron chi connectivity index (χ0n) is 9.81. The lowest BCUT2D eigenvalue weighted by molar-refractivity contribution is -0.385. The average molecular weight is 255 g/mol. The molecule has 0 spiro atoms. The van der Waals surface area contributed by atoms with Crippen molar-refractivity contribution in [1.29, 1.82) is 5.26 Å². The highest BCUT2D eigenvalue weighted by Crippen LogP contribution is 2.11. The van der Waals surface area contributed by atoms with Gasteiger partial charge < -0.3 is 4.57 Å². The molecule has 94 valence electrons. The molecule has 2 rings (SSSR count). The van der Waals surface area contributed by atoms with E-state index in [1.54, 1.807) is 18.2 Å². The van der Waals surface area contributed by atoms with Gasteiger partial charge in [0.1, 0.15) is 11.6 Å². The summed E-state index contributed by atoms with van der Waals surface area (Å²) in [7, 11) is 0. The summed E-state index contributed by atoms with van der Waals surface area (Å²) in [6, 6.07) is 11.7. The fourth-order valence-corrected chi connectivity index (χ4v) is 1.70. The number of benzene rings is 1. The highest BCUT2D eigenvalue weighted by Gasteiger charge is 2.13. The Kier molecular flexibility index (Phi) is 3.39. The molecule has 0 N–H and O–H groups in total. The summed E-state index contributed by atoms with van der Waals surface area (Å²) >= 11 is 0. The Morgan fingerprint density at radius 3 is 2.58 bits per heavy atom. The Labute approximate surface area is 108 Å². The molecule has 1 aromatic heterocycles. The average Bonchev–Trinajstić information content (AvgIpc) is 2.42. The lowest BCUT2D eigenvalue weighted by Crippen LogP contribution is -2.23. The molecule has 0 radical (unpaired) electrons. The van der Waals surface area contributed by atoms with Crippen LogP contribution in [0, 0.1) is 21.4 Å². The van der Waals surface area contributed by atoms with Gasteiger partial charge in [0.25, 0.3) is 11.2 Å². The molecule has 0 aliphatic carbocycles. The van der Waals surface area contributed by atoms with Gasteiger partial charge in [-0.25, -0.2) is 0 Å². The minimum Gasteiger partial charge on any atom is -0.303 e. The van der Waals surface area contributed by atoms with E-state index in [2.05, 4.69) is 0 Å². The van der Waals surface area contributed by atoms with Crippen LogP contribution in [0.2, 0.25) is 0 Å². The fraction of sp³-hybridized carbons (Fsp3) is 0.0769. The van der Waals surface area contributed by atoms with E-state index in [1.807, 2.05) is 18.2 Å². The number of hydrogen-bond donors (Lipinski definition) is 0. The van der Waals surface area contributed by atoms with Gasteiger partial charge in [0, 0.05) is 6.07 Å². The molecule has 0 fully saturated rings. The van der Waals surface area contributed by atoms with Crippen LogP contribution in [0.3, 0.4) is 0 Å². The van der Waals surface area contributed by atoms with E-state index in [-0.39, 0.29) is 17.8 Å². The Bertz CT molecular complexity index is 714. The SMILES string of the molecule is N#Cc1cc([N+](=O)[O-])cn(Cc2ccccc2)c1=O. The first-order valence-electron chi connectivity index (χ1n) is 5.44. The Balaban J connectivity index is 2.51. The van der Waals surface area contributed by atoms with E-state index in [1.165, 1.54) is 4.57 Å². The molecule has 0 saturated carbocycles. The summed E-state index contributed by atoms with van der Waals surface area (Å²) in [6.45, 7) is 0.191. The van der Waals surface area contributed by atoms with Crippen molar-refractivity contribution in [3.8, 4) is 6.07 Å². The van der Waals surface area contributed by atoms with E-state index in [0.717, 1.165) is 17.8 Å². The van der Waals surface area contributed by atoms with E-state index in [0.29, 0.717) is 0 Å². The summed E-state index contributed by atoms with van der Waals surface area (Å²) in [4.78, 5) is 22.0. The standard InChI is InChI=1S/C13H9N3O3/c14-7-11-6-12(16(18)19)9-15(13(11)17)8-10-4-2-1-3-5-10/h1-6,9H,8H2. The smallest absolute Gasteiger partial charge is 0.287 e. The second kappa shape index (κ2) is 5.14. The molecule has 0 amide bonds. The van der Waals surface area contributed by atoms with Crippen LogP contribution in [-0.2, 0) is 6.54 Å². The summed E-state index contributed by atoms with van der Waals surface area (Å²) in [5.41, 5.74) is -0.205. The van der Waals surface area contributed by atoms with E-state index in [4.69, 9.17) is 5.26 Å². The maximum absolute atomic E-state index is 11.9. The van der Waals surface area contributed by atoms with Crippen LogP contribution in [0.15, 0.2) is 47.4 Å². The van der Waals surface area contributed by atoms with Crippen molar-refractivity contribution in [2.45, 2.75) is 6.54 Å². The van der Waals surface area contributed by atoms with Crippen LogP contribution in [-0.4, -0.2) is 9.49 Å². The molecule has 0 saturated heterocycles. The largest absolute Gasteiger partial charge is 0.303 e. The van der Waals surface area contributed by atoms with Gasteiger partial charge in [-0.15, -0.1) is 0 Å². The number of hydrogen-bond acceptors (Lipinski definition) is 4. The van der Waals surface area contributed by atoms with Crippen LogP contribution >= 0.6 is 0 Å². The van der Waals surface area contributed by atoms with Gasteiger partial charge >= 0.3 is 0 Å². The van der Waals surface area contributed by atoms with Crippen molar-refractivity contribution >= 4 is 5.69 Å². The van der Waals surface area contributed by atoms with Crippen molar-refractivity contribution in [3.05, 3.63) is 74.2 Å². The Hall–Kier alpha value is -2.94. The third kappa shape index (κ3) is 2.66. The lowest BCUT2D eigenvalue weighted by Gasteiger charge is -2.06. The first-order valence-corrected chi connectivity index (χ1v) is 5.44. The number of nitrogens with zero attached hydrogens (tertiary/aromatic N) is 3. The van der Waals surface area contributed by atoms with Gasteiger partial charge in [-0.2, -0.15) is 5.26 Å². The van der Waals surface area contributed by atoms with Crippen molar-refractivity contribution < 1.29 is 4.92 Å². The monoisotopic (exact) mass is 255 g/mol. The van der Waals surface area contributed by atoms with Crippen molar-refractivity contribution in [3.63, 3.8) is 0 Å². The molecule has 0 aliphatic heterocycles. The van der Waals surface area contributed by atoms with E-state index >= 15 is 0 Å². The Morgan fingerprint density at radius 1 is 1.32 bits per heavy atom. The molecule has 2 aromatic rings. The van der Waals surface area contributed by atoms with Crippen LogP contribution in [0.4, 0.5) is 5.69 Å². The maximum Gasteiger partial charge on any atom is 0.287 e. The highest BCUT2D eigenvalue weighted by molar-refractivity contribution is 5.37. The van der Waals surface area contributed by atoms with Crippen LogP contribution < -0.4 is 5.56 Å². The zero-order chi connectivity index (χ0) is 13.8. The highest BCUT2D eigenvalue weighted by atomic mass is 16.6. The predicted octanol–water partition coefficient (Wildman–Crippen LogP) is 1.68. The molecular formula is C13H9N3O3. The normalized spacial score (nSPS) is 9.84. The number of nitro groups is 1. The van der Waals surface area contributed by atoms with Crippen molar-refractivity contribution in [2.75, 3.05) is 0 Å². The molecule has 6 nitrogen and oxygen atoms in total. The van der Waals surface area contributed by atoms with E-state index < -0.39 is 10.5 Å². The topological polar surface area (TPSA) is 88.9 Å². The quantitative estimate of drug-likeness (QED) is 0.616. The van der Waals surface area contributed by atoms with Gasteiger partial charge in [0.05, 0.1) is 17.7 Å². The molecule has 19 heavy (non-hydrogen) atoms. The van der Waals surface area contributed by atoms with Crippen LogP contribution in [0.1, 0.15) is 11.1 Å². The maximum atomic E-state index is 11.9. The van der Waals surface area contributed by atoms with Gasteiger partial charge in [-0.1, -0.05) is 30.3 Å². The van der Waals surface area contributed by atoms with Crippen LogP contribution in [0.25, 0.3) is 0 Å². The number of rotatable bonds is 3. The third-order valence-electron chi connectivity index (χ3n) is 2.60. The predicted molar refractivity (Wildman–Crippen MR) is 67.6 cm³/mol. The molecule has 0 atom stereocenters. The molecule has 1 aromatic carbocycles. The number of aromatic nitrogens is 1. The molecule has 6 heteroatoms. The Morgan fingerprint density at radius 2 is 2.00 bits per heavy atom. The minimum atomic E-state index is -0.623. The summed E-state index contributed by atoms with van der Waals surface area (Å²) in [5, 5.41) is 19.6. The lowest BCUT2D eigenvalue weighted by atomic mass is 10.2. The van der Waals surface area contributed by atoms with Crippen LogP contribution in [0.5, 0.6) is 0 Å². The summed E-state index contributed by atoms with van der Waals surface area (Å²) in [6.07, 6.45) is 1.15. The number of pyridine rings is 1. The zero-order valence-corrected chi connectivity index (χ0v) is 9.81. The molecule has 1 heterocycles. The summed E-state index contributed by atoms with van der Waals surface area (Å²) < 4.78 is 1.17. The van der Waals surface area contributed by atoms with Gasteiger partial charge in [0.15, 0.2) is 0 Å². The second-order valence-electron chi connectivity index (χ2n) is 3.90. The molecular weight excluding hydrogens is 246 g/mol. The second-order valence-corrected chi connectivity index (χ2v) is 3.90. The molecule has 0 bridgehead atoms. The van der Waals surface area contributed by atoms with Gasteiger partial charge in [0.2, 0.25) is 0 Å². The number of nitriles is 1. The summed E-state index contributed by atoms with van der Waals surface area (Å²) in [5.74, 6) is 0. The van der Waals surface area contributed by atoms with Crippen molar-refractivity contribution in [2.24, 2.45) is 0 Å². The fourth-order valence-electron chi connectivity index (χ4n) is 1.70. The van der Waals surface area contributed by atoms with Gasteiger partial charge in [-0.05, 0) is 5.56 Å². The van der Waals surface area contributed by atoms with E-state index in [9.17, 15) is 14.9 Å². The first-order chi connectivity index (χ1) is 9.11. The van der Waals surface area contributed by atoms with Crippen molar-refractivity contribution in [1.82, 2.24) is 4.57 Å². The molecule has 0 unspecified atom stereocenters. The molecule has 0 aliphatic rings. The first kappa shape index (κ1) is 12.5. The third-order valence-corrected chi connectivity index (χ3v) is 2.60. The van der Waals surface area contributed by atoms with Gasteiger partial charge in [-0.3, -0.25) is 14.9 Å². The minimum absolute atomic E-state index is 0.191.